The van der Waals surface area contributed by atoms with Crippen LogP contribution in [-0.4, -0.2) is 25.2 Å². The van der Waals surface area contributed by atoms with Gasteiger partial charge in [0.15, 0.2) is 0 Å². The zero-order valence-corrected chi connectivity index (χ0v) is 16.2. The van der Waals surface area contributed by atoms with Crippen LogP contribution in [0, 0.1) is 13.8 Å². The maximum atomic E-state index is 12.5. The monoisotopic (exact) mass is 367 g/mol. The van der Waals surface area contributed by atoms with Crippen molar-refractivity contribution in [1.82, 2.24) is 24.6 Å². The van der Waals surface area contributed by atoms with E-state index in [1.165, 1.54) is 10.9 Å². The van der Waals surface area contributed by atoms with Crippen LogP contribution in [0.5, 0.6) is 0 Å². The molecule has 1 aromatic carbocycles. The molecular weight excluding hydrogens is 342 g/mol. The Morgan fingerprint density at radius 1 is 1.26 bits per heavy atom. The van der Waals surface area contributed by atoms with E-state index in [1.54, 1.807) is 12.1 Å². The summed E-state index contributed by atoms with van der Waals surface area (Å²) in [5.41, 5.74) is 3.58. The summed E-state index contributed by atoms with van der Waals surface area (Å²) in [6.45, 7) is 9.06. The quantitative estimate of drug-likeness (QED) is 0.726. The van der Waals surface area contributed by atoms with Crippen LogP contribution in [0.2, 0.25) is 0 Å². The highest BCUT2D eigenvalue weighted by atomic mass is 16.2. The second-order valence-corrected chi connectivity index (χ2v) is 6.70. The molecule has 0 fully saturated rings. The largest absolute Gasteiger partial charge is 0.349 e. The number of carbonyl (C=O) groups excluding carboxylic acids is 1. The van der Waals surface area contributed by atoms with E-state index in [1.807, 2.05) is 44.5 Å². The molecule has 1 N–H and O–H groups in total. The first-order valence-corrected chi connectivity index (χ1v) is 9.19. The fourth-order valence-corrected chi connectivity index (χ4v) is 3.52. The highest BCUT2D eigenvalue weighted by Gasteiger charge is 2.18. The SMILES string of the molecule is CCn1nc(C)c(C(C)NC(=O)CCn2cnc3ccccc3c2=O)c1C. The van der Waals surface area contributed by atoms with Gasteiger partial charge in [-0.1, -0.05) is 12.1 Å². The fraction of sp³-hybridized carbons (Fsp3) is 0.400. The number of carbonyl (C=O) groups is 1. The minimum atomic E-state index is -0.135. The van der Waals surface area contributed by atoms with Gasteiger partial charge in [-0.15, -0.1) is 0 Å². The molecule has 0 aliphatic rings. The number of amides is 1. The van der Waals surface area contributed by atoms with Crippen molar-refractivity contribution in [2.24, 2.45) is 0 Å². The summed E-state index contributed by atoms with van der Waals surface area (Å²) in [6, 6.07) is 7.07. The van der Waals surface area contributed by atoms with Crippen molar-refractivity contribution in [2.45, 2.75) is 53.2 Å². The fourth-order valence-electron chi connectivity index (χ4n) is 3.52. The number of hydrogen-bond donors (Lipinski definition) is 1. The number of nitrogens with one attached hydrogen (secondary N) is 1. The molecule has 3 rings (SSSR count). The summed E-state index contributed by atoms with van der Waals surface area (Å²) in [5.74, 6) is -0.106. The third-order valence-corrected chi connectivity index (χ3v) is 4.86. The topological polar surface area (TPSA) is 81.8 Å². The van der Waals surface area contributed by atoms with Gasteiger partial charge in [0.25, 0.3) is 5.56 Å². The van der Waals surface area contributed by atoms with Gasteiger partial charge in [0, 0.05) is 30.8 Å². The molecule has 3 aromatic rings. The number of rotatable bonds is 6. The predicted octanol–water partition coefficient (Wildman–Crippen LogP) is 2.50. The lowest BCUT2D eigenvalue weighted by molar-refractivity contribution is -0.121. The zero-order valence-electron chi connectivity index (χ0n) is 16.2. The van der Waals surface area contributed by atoms with Gasteiger partial charge in [-0.3, -0.25) is 18.8 Å². The van der Waals surface area contributed by atoms with Gasteiger partial charge in [0.05, 0.1) is 29.0 Å². The van der Waals surface area contributed by atoms with E-state index in [2.05, 4.69) is 15.4 Å². The Hall–Kier alpha value is -2.96. The van der Waals surface area contributed by atoms with Gasteiger partial charge in [-0.25, -0.2) is 4.98 Å². The minimum Gasteiger partial charge on any atom is -0.349 e. The Morgan fingerprint density at radius 2 is 2.00 bits per heavy atom. The molecule has 27 heavy (non-hydrogen) atoms. The summed E-state index contributed by atoms with van der Waals surface area (Å²) < 4.78 is 3.42. The number of para-hydroxylation sites is 1. The van der Waals surface area contributed by atoms with Crippen molar-refractivity contribution in [3.63, 3.8) is 0 Å². The molecule has 1 amide bonds. The van der Waals surface area contributed by atoms with Gasteiger partial charge in [-0.2, -0.15) is 5.10 Å². The van der Waals surface area contributed by atoms with E-state index in [-0.39, 0.29) is 23.9 Å². The Balaban J connectivity index is 1.67. The molecule has 0 spiro atoms. The lowest BCUT2D eigenvalue weighted by Crippen LogP contribution is -2.30. The van der Waals surface area contributed by atoms with E-state index in [4.69, 9.17) is 0 Å². The second kappa shape index (κ2) is 7.73. The molecule has 7 heteroatoms. The smallest absolute Gasteiger partial charge is 0.261 e. The average Bonchev–Trinajstić information content (AvgIpc) is 2.95. The number of hydrogen-bond acceptors (Lipinski definition) is 4. The van der Waals surface area contributed by atoms with Crippen LogP contribution >= 0.6 is 0 Å². The van der Waals surface area contributed by atoms with Gasteiger partial charge < -0.3 is 5.32 Å². The van der Waals surface area contributed by atoms with Gasteiger partial charge in [0.2, 0.25) is 5.91 Å². The molecule has 0 aliphatic carbocycles. The Morgan fingerprint density at radius 3 is 2.70 bits per heavy atom. The van der Waals surface area contributed by atoms with E-state index >= 15 is 0 Å². The molecule has 0 saturated carbocycles. The highest BCUT2D eigenvalue weighted by Crippen LogP contribution is 2.21. The first kappa shape index (κ1) is 18.8. The molecule has 0 radical (unpaired) electrons. The van der Waals surface area contributed by atoms with Gasteiger partial charge in [-0.05, 0) is 39.8 Å². The van der Waals surface area contributed by atoms with Crippen LogP contribution in [0.25, 0.3) is 10.9 Å². The maximum absolute atomic E-state index is 12.5. The van der Waals surface area contributed by atoms with Crippen molar-refractivity contribution >= 4 is 16.8 Å². The second-order valence-electron chi connectivity index (χ2n) is 6.70. The van der Waals surface area contributed by atoms with Crippen molar-refractivity contribution < 1.29 is 4.79 Å². The van der Waals surface area contributed by atoms with Crippen LogP contribution in [0.15, 0.2) is 35.4 Å². The van der Waals surface area contributed by atoms with E-state index in [0.717, 1.165) is 23.5 Å². The van der Waals surface area contributed by atoms with Gasteiger partial charge in [0.1, 0.15) is 0 Å². The molecule has 2 aromatic heterocycles. The lowest BCUT2D eigenvalue weighted by atomic mass is 10.1. The normalized spacial score (nSPS) is 12.3. The van der Waals surface area contributed by atoms with Crippen LogP contribution in [0.4, 0.5) is 0 Å². The number of fused-ring (bicyclic) bond motifs is 1. The Bertz CT molecular complexity index is 1030. The summed E-state index contributed by atoms with van der Waals surface area (Å²) in [4.78, 5) is 29.2. The molecule has 1 unspecified atom stereocenters. The molecule has 7 nitrogen and oxygen atoms in total. The van der Waals surface area contributed by atoms with Crippen LogP contribution in [0.1, 0.15) is 43.3 Å². The standard InChI is InChI=1S/C20H25N5O2/c1-5-25-15(4)19(14(3)23-25)13(2)22-18(26)10-11-24-12-21-17-9-7-6-8-16(17)20(24)27/h6-9,12-13H,5,10-11H2,1-4H3,(H,22,26). The van der Waals surface area contributed by atoms with E-state index in [0.29, 0.717) is 17.4 Å². The van der Waals surface area contributed by atoms with Crippen molar-refractivity contribution in [3.05, 3.63) is 57.9 Å². The maximum Gasteiger partial charge on any atom is 0.261 e. The Kier molecular flexibility index (Phi) is 5.39. The van der Waals surface area contributed by atoms with Crippen molar-refractivity contribution in [1.29, 1.82) is 0 Å². The third-order valence-electron chi connectivity index (χ3n) is 4.86. The molecule has 2 heterocycles. The minimum absolute atomic E-state index is 0.106. The molecule has 0 bridgehead atoms. The summed E-state index contributed by atoms with van der Waals surface area (Å²) in [5, 5.41) is 8.08. The summed E-state index contributed by atoms with van der Waals surface area (Å²) >= 11 is 0. The molecule has 0 saturated heterocycles. The summed E-state index contributed by atoms with van der Waals surface area (Å²) in [7, 11) is 0. The zero-order chi connectivity index (χ0) is 19.6. The number of aromatic nitrogens is 4. The third kappa shape index (κ3) is 3.77. The Labute approximate surface area is 158 Å². The molecule has 142 valence electrons. The summed E-state index contributed by atoms with van der Waals surface area (Å²) in [6.07, 6.45) is 1.71. The number of nitrogens with zero attached hydrogens (tertiary/aromatic N) is 4. The first-order valence-electron chi connectivity index (χ1n) is 9.19. The number of aryl methyl sites for hydroxylation is 3. The van der Waals surface area contributed by atoms with E-state index in [9.17, 15) is 9.59 Å². The highest BCUT2D eigenvalue weighted by molar-refractivity contribution is 5.77. The van der Waals surface area contributed by atoms with Crippen molar-refractivity contribution in [3.8, 4) is 0 Å². The first-order chi connectivity index (χ1) is 12.9. The molecular formula is C20H25N5O2. The van der Waals surface area contributed by atoms with Gasteiger partial charge >= 0.3 is 0 Å². The predicted molar refractivity (Wildman–Crippen MR) is 105 cm³/mol. The number of benzene rings is 1. The lowest BCUT2D eigenvalue weighted by Gasteiger charge is -2.15. The molecule has 0 aliphatic heterocycles. The van der Waals surface area contributed by atoms with Crippen molar-refractivity contribution in [2.75, 3.05) is 0 Å². The average molecular weight is 367 g/mol. The van der Waals surface area contributed by atoms with E-state index < -0.39 is 0 Å². The molecule has 1 atom stereocenters. The van der Waals surface area contributed by atoms with Crippen LogP contribution in [0.3, 0.4) is 0 Å². The van der Waals surface area contributed by atoms with Crippen LogP contribution < -0.4 is 10.9 Å². The van der Waals surface area contributed by atoms with Crippen LogP contribution in [-0.2, 0) is 17.9 Å².